The van der Waals surface area contributed by atoms with E-state index >= 15 is 0 Å². The van der Waals surface area contributed by atoms with E-state index in [1.54, 1.807) is 32.2 Å². The predicted molar refractivity (Wildman–Crippen MR) is 79.8 cm³/mol. The van der Waals surface area contributed by atoms with Crippen LogP contribution in [-0.4, -0.2) is 19.7 Å². The van der Waals surface area contributed by atoms with Gasteiger partial charge < -0.3 is 14.2 Å². The van der Waals surface area contributed by atoms with Gasteiger partial charge in [-0.3, -0.25) is 4.79 Å². The van der Waals surface area contributed by atoms with E-state index in [9.17, 15) is 4.79 Å². The molecule has 2 rings (SSSR count). The van der Waals surface area contributed by atoms with Crippen molar-refractivity contribution in [2.75, 3.05) is 13.7 Å². The molecule has 0 aromatic heterocycles. The molecule has 4 heteroatoms. The van der Waals surface area contributed by atoms with Crippen LogP contribution in [0.1, 0.15) is 12.5 Å². The number of hydrogen-bond acceptors (Lipinski definition) is 4. The minimum absolute atomic E-state index is 0.156. The van der Waals surface area contributed by atoms with Gasteiger partial charge in [0.1, 0.15) is 17.2 Å². The van der Waals surface area contributed by atoms with E-state index in [1.807, 2.05) is 30.3 Å². The molecule has 4 nitrogen and oxygen atoms in total. The van der Waals surface area contributed by atoms with Crippen LogP contribution in [0.15, 0.2) is 48.5 Å². The average molecular weight is 286 g/mol. The minimum Gasteiger partial charge on any atom is -0.496 e. The molecule has 0 aliphatic rings. The number of methoxy groups -OCH3 is 1. The van der Waals surface area contributed by atoms with Crippen molar-refractivity contribution in [3.8, 4) is 17.2 Å². The Kier molecular flexibility index (Phi) is 5.21. The number of ether oxygens (including phenoxy) is 3. The topological polar surface area (TPSA) is 44.8 Å². The minimum atomic E-state index is -0.285. The van der Waals surface area contributed by atoms with Crippen LogP contribution in [0.5, 0.6) is 17.2 Å². The van der Waals surface area contributed by atoms with Crippen molar-refractivity contribution in [2.45, 2.75) is 13.3 Å². The van der Waals surface area contributed by atoms with Crippen molar-refractivity contribution in [3.05, 3.63) is 54.1 Å². The zero-order valence-corrected chi connectivity index (χ0v) is 12.2. The van der Waals surface area contributed by atoms with Crippen molar-refractivity contribution >= 4 is 5.97 Å². The first-order chi connectivity index (χ1) is 10.2. The molecular weight excluding hydrogens is 268 g/mol. The molecule has 0 radical (unpaired) electrons. The molecule has 0 spiro atoms. The smallest absolute Gasteiger partial charge is 0.310 e. The van der Waals surface area contributed by atoms with E-state index in [-0.39, 0.29) is 12.4 Å². The quantitative estimate of drug-likeness (QED) is 0.761. The summed E-state index contributed by atoms with van der Waals surface area (Å²) in [6, 6.07) is 14.9. The molecule has 0 saturated heterocycles. The molecular formula is C17H18O4. The summed E-state index contributed by atoms with van der Waals surface area (Å²) in [4.78, 5) is 11.6. The third kappa shape index (κ3) is 4.24. The second kappa shape index (κ2) is 7.33. The number of para-hydroxylation sites is 1. The fraction of sp³-hybridized carbons (Fsp3) is 0.235. The number of carbonyl (C=O) groups is 1. The first kappa shape index (κ1) is 14.9. The van der Waals surface area contributed by atoms with Crippen LogP contribution >= 0.6 is 0 Å². The van der Waals surface area contributed by atoms with Gasteiger partial charge in [-0.1, -0.05) is 18.2 Å². The maximum absolute atomic E-state index is 11.6. The van der Waals surface area contributed by atoms with Gasteiger partial charge in [0.2, 0.25) is 0 Å². The fourth-order valence-electron chi connectivity index (χ4n) is 1.95. The zero-order chi connectivity index (χ0) is 15.1. The number of rotatable bonds is 6. The van der Waals surface area contributed by atoms with Gasteiger partial charge in [-0.25, -0.2) is 0 Å². The highest BCUT2D eigenvalue weighted by atomic mass is 16.5. The van der Waals surface area contributed by atoms with E-state index in [0.717, 1.165) is 11.3 Å². The number of carbonyl (C=O) groups excluding carboxylic acids is 1. The maximum atomic E-state index is 11.6. The highest BCUT2D eigenvalue weighted by Gasteiger charge is 2.11. The van der Waals surface area contributed by atoms with Crippen molar-refractivity contribution in [1.82, 2.24) is 0 Å². The lowest BCUT2D eigenvalue weighted by atomic mass is 10.1. The Labute approximate surface area is 124 Å². The summed E-state index contributed by atoms with van der Waals surface area (Å²) in [5.74, 6) is 1.75. The van der Waals surface area contributed by atoms with Crippen LogP contribution in [0.2, 0.25) is 0 Å². The van der Waals surface area contributed by atoms with Gasteiger partial charge in [0.25, 0.3) is 0 Å². The molecule has 0 amide bonds. The number of esters is 1. The van der Waals surface area contributed by atoms with Gasteiger partial charge in [0.05, 0.1) is 20.1 Å². The van der Waals surface area contributed by atoms with Crippen LogP contribution in [0.4, 0.5) is 0 Å². The van der Waals surface area contributed by atoms with Gasteiger partial charge in [-0.15, -0.1) is 0 Å². The third-order valence-electron chi connectivity index (χ3n) is 2.87. The molecule has 0 aliphatic heterocycles. The summed E-state index contributed by atoms with van der Waals surface area (Å²) < 4.78 is 16.0. The van der Waals surface area contributed by atoms with Gasteiger partial charge in [0, 0.05) is 5.56 Å². The SMILES string of the molecule is CCOC(=O)Cc1cc(Oc2ccccc2)ccc1OC. The lowest BCUT2D eigenvalue weighted by Gasteiger charge is -2.11. The van der Waals surface area contributed by atoms with E-state index < -0.39 is 0 Å². The van der Waals surface area contributed by atoms with Crippen LogP contribution in [0.25, 0.3) is 0 Å². The Hall–Kier alpha value is -2.49. The van der Waals surface area contributed by atoms with Gasteiger partial charge in [-0.2, -0.15) is 0 Å². The molecule has 21 heavy (non-hydrogen) atoms. The first-order valence-corrected chi connectivity index (χ1v) is 6.78. The Morgan fingerprint density at radius 3 is 2.48 bits per heavy atom. The maximum Gasteiger partial charge on any atom is 0.310 e. The average Bonchev–Trinajstić information content (AvgIpc) is 2.49. The summed E-state index contributed by atoms with van der Waals surface area (Å²) in [6.45, 7) is 2.14. The Morgan fingerprint density at radius 1 is 1.05 bits per heavy atom. The third-order valence-corrected chi connectivity index (χ3v) is 2.87. The normalized spacial score (nSPS) is 10.0. The van der Waals surface area contributed by atoms with Crippen LogP contribution in [-0.2, 0) is 16.0 Å². The molecule has 2 aromatic rings. The van der Waals surface area contributed by atoms with Crippen molar-refractivity contribution in [3.63, 3.8) is 0 Å². The van der Waals surface area contributed by atoms with Crippen molar-refractivity contribution in [1.29, 1.82) is 0 Å². The van der Waals surface area contributed by atoms with Gasteiger partial charge >= 0.3 is 5.97 Å². The highest BCUT2D eigenvalue weighted by Crippen LogP contribution is 2.28. The van der Waals surface area contributed by atoms with Gasteiger partial charge in [0.15, 0.2) is 0 Å². The standard InChI is InChI=1S/C17H18O4/c1-3-20-17(18)12-13-11-15(9-10-16(13)19-2)21-14-7-5-4-6-8-14/h4-11H,3,12H2,1-2H3. The van der Waals surface area contributed by atoms with Crippen molar-refractivity contribution in [2.24, 2.45) is 0 Å². The first-order valence-electron chi connectivity index (χ1n) is 6.78. The lowest BCUT2D eigenvalue weighted by molar-refractivity contribution is -0.142. The summed E-state index contributed by atoms with van der Waals surface area (Å²) in [6.07, 6.45) is 0.156. The van der Waals surface area contributed by atoms with Crippen LogP contribution in [0.3, 0.4) is 0 Å². The monoisotopic (exact) mass is 286 g/mol. The molecule has 110 valence electrons. The molecule has 0 heterocycles. The molecule has 0 N–H and O–H groups in total. The van der Waals surface area contributed by atoms with E-state index in [0.29, 0.717) is 18.1 Å². The zero-order valence-electron chi connectivity index (χ0n) is 12.2. The predicted octanol–water partition coefficient (Wildman–Crippen LogP) is 3.59. The summed E-state index contributed by atoms with van der Waals surface area (Å²) in [5.41, 5.74) is 0.740. The van der Waals surface area contributed by atoms with E-state index in [1.165, 1.54) is 0 Å². The van der Waals surface area contributed by atoms with E-state index in [2.05, 4.69) is 0 Å². The highest BCUT2D eigenvalue weighted by molar-refractivity contribution is 5.73. The van der Waals surface area contributed by atoms with Crippen LogP contribution < -0.4 is 9.47 Å². The second-order valence-electron chi connectivity index (χ2n) is 4.37. The molecule has 0 unspecified atom stereocenters. The van der Waals surface area contributed by atoms with Crippen molar-refractivity contribution < 1.29 is 19.0 Å². The number of hydrogen-bond donors (Lipinski definition) is 0. The van der Waals surface area contributed by atoms with Gasteiger partial charge in [-0.05, 0) is 37.3 Å². The summed E-state index contributed by atoms with van der Waals surface area (Å²) in [7, 11) is 1.57. The molecule has 0 atom stereocenters. The largest absolute Gasteiger partial charge is 0.496 e. The molecule has 2 aromatic carbocycles. The molecule has 0 bridgehead atoms. The lowest BCUT2D eigenvalue weighted by Crippen LogP contribution is -2.08. The summed E-state index contributed by atoms with van der Waals surface area (Å²) in [5, 5.41) is 0. The Bertz CT molecular complexity index is 593. The van der Waals surface area contributed by atoms with Crippen LogP contribution in [0, 0.1) is 0 Å². The summed E-state index contributed by atoms with van der Waals surface area (Å²) >= 11 is 0. The fourth-order valence-corrected chi connectivity index (χ4v) is 1.95. The molecule has 0 fully saturated rings. The number of benzene rings is 2. The van der Waals surface area contributed by atoms with E-state index in [4.69, 9.17) is 14.2 Å². The Morgan fingerprint density at radius 2 is 1.81 bits per heavy atom. The molecule has 0 aliphatic carbocycles. The Balaban J connectivity index is 2.18. The molecule has 0 saturated carbocycles. The second-order valence-corrected chi connectivity index (χ2v) is 4.37.